The molecule has 3 rings (SSSR count). The minimum absolute atomic E-state index is 0.0109. The standard InChI is InChI=1S/C19H14ClN5O2/c1-12-16(9-21)18(26)25(11-13-3-2-8-22-10-13)19(27)17(12)24-23-15-6-4-14(20)5-7-15/h2-8,10,26H,11H2,1H3. The Hall–Kier alpha value is -3.50. The summed E-state index contributed by atoms with van der Waals surface area (Å²) in [7, 11) is 0. The van der Waals surface area contributed by atoms with Crippen LogP contribution in [0.2, 0.25) is 5.02 Å². The number of rotatable bonds is 4. The van der Waals surface area contributed by atoms with Gasteiger partial charge in [-0.1, -0.05) is 17.7 Å². The van der Waals surface area contributed by atoms with Crippen molar-refractivity contribution in [1.29, 1.82) is 5.26 Å². The number of aromatic hydroxyl groups is 1. The van der Waals surface area contributed by atoms with Crippen LogP contribution in [0.3, 0.4) is 0 Å². The lowest BCUT2D eigenvalue weighted by atomic mass is 10.1. The molecule has 1 N–H and O–H groups in total. The van der Waals surface area contributed by atoms with Crippen molar-refractivity contribution < 1.29 is 5.11 Å². The Labute approximate surface area is 159 Å². The molecule has 0 fully saturated rings. The monoisotopic (exact) mass is 379 g/mol. The van der Waals surface area contributed by atoms with E-state index in [1.807, 2.05) is 6.07 Å². The molecule has 7 nitrogen and oxygen atoms in total. The Morgan fingerprint density at radius 1 is 1.26 bits per heavy atom. The van der Waals surface area contributed by atoms with Crippen LogP contribution in [0.25, 0.3) is 0 Å². The molecule has 0 spiro atoms. The smallest absolute Gasteiger partial charge is 0.281 e. The molecule has 3 aromatic rings. The SMILES string of the molecule is Cc1c(C#N)c(O)n(Cc2cccnc2)c(=O)c1N=Nc1ccc(Cl)cc1. The van der Waals surface area contributed by atoms with Gasteiger partial charge in [0.15, 0.2) is 5.69 Å². The molecule has 0 atom stereocenters. The molecule has 2 aromatic heterocycles. The van der Waals surface area contributed by atoms with E-state index in [-0.39, 0.29) is 23.4 Å². The van der Waals surface area contributed by atoms with E-state index < -0.39 is 11.4 Å². The molecule has 27 heavy (non-hydrogen) atoms. The Kier molecular flexibility index (Phi) is 5.29. The molecule has 8 heteroatoms. The Morgan fingerprint density at radius 2 is 2.00 bits per heavy atom. The first-order valence-electron chi connectivity index (χ1n) is 7.94. The van der Waals surface area contributed by atoms with Crippen LogP contribution in [0.15, 0.2) is 63.8 Å². The molecule has 0 aliphatic heterocycles. The minimum Gasteiger partial charge on any atom is -0.493 e. The zero-order chi connectivity index (χ0) is 19.4. The van der Waals surface area contributed by atoms with E-state index >= 15 is 0 Å². The van der Waals surface area contributed by atoms with Crippen LogP contribution in [0.1, 0.15) is 16.7 Å². The quantitative estimate of drug-likeness (QED) is 0.684. The number of benzene rings is 1. The van der Waals surface area contributed by atoms with Gasteiger partial charge in [-0.3, -0.25) is 14.3 Å². The summed E-state index contributed by atoms with van der Waals surface area (Å²) in [5, 5.41) is 28.4. The maximum atomic E-state index is 12.9. The normalized spacial score (nSPS) is 10.9. The summed E-state index contributed by atoms with van der Waals surface area (Å²) in [6, 6.07) is 12.0. The predicted octanol–water partition coefficient (Wildman–Crippen LogP) is 4.25. The van der Waals surface area contributed by atoms with Crippen molar-refractivity contribution in [3.8, 4) is 11.9 Å². The molecular weight excluding hydrogens is 366 g/mol. The van der Waals surface area contributed by atoms with Crippen LogP contribution in [0, 0.1) is 18.3 Å². The van der Waals surface area contributed by atoms with Gasteiger partial charge >= 0.3 is 0 Å². The van der Waals surface area contributed by atoms with Gasteiger partial charge in [0.2, 0.25) is 5.88 Å². The fourth-order valence-corrected chi connectivity index (χ4v) is 2.62. The predicted molar refractivity (Wildman–Crippen MR) is 101 cm³/mol. The Morgan fingerprint density at radius 3 is 2.63 bits per heavy atom. The van der Waals surface area contributed by atoms with Gasteiger partial charge in [0.05, 0.1) is 12.2 Å². The molecule has 0 bridgehead atoms. The highest BCUT2D eigenvalue weighted by atomic mass is 35.5. The second kappa shape index (κ2) is 7.81. The molecule has 0 aliphatic carbocycles. The number of hydrogen-bond acceptors (Lipinski definition) is 6. The number of azo groups is 1. The van der Waals surface area contributed by atoms with Crippen LogP contribution in [0.4, 0.5) is 11.4 Å². The molecule has 134 valence electrons. The Balaban J connectivity index is 2.10. The van der Waals surface area contributed by atoms with Gasteiger partial charge in [-0.15, -0.1) is 5.11 Å². The average molecular weight is 380 g/mol. The molecule has 1 aromatic carbocycles. The van der Waals surface area contributed by atoms with Gasteiger partial charge in [-0.25, -0.2) is 0 Å². The fraction of sp³-hybridized carbons (Fsp3) is 0.105. The number of hydrogen-bond donors (Lipinski definition) is 1. The summed E-state index contributed by atoms with van der Waals surface area (Å²) >= 11 is 5.84. The topological polar surface area (TPSA) is 104 Å². The third kappa shape index (κ3) is 3.86. The van der Waals surface area contributed by atoms with Crippen molar-refractivity contribution in [2.45, 2.75) is 13.5 Å². The van der Waals surface area contributed by atoms with E-state index in [9.17, 15) is 15.2 Å². The largest absolute Gasteiger partial charge is 0.493 e. The van der Waals surface area contributed by atoms with E-state index in [4.69, 9.17) is 11.6 Å². The van der Waals surface area contributed by atoms with E-state index in [2.05, 4.69) is 15.2 Å². The first kappa shape index (κ1) is 18.3. The second-order valence-corrected chi connectivity index (χ2v) is 6.15. The van der Waals surface area contributed by atoms with Crippen molar-refractivity contribution in [2.24, 2.45) is 10.2 Å². The van der Waals surface area contributed by atoms with Gasteiger partial charge in [0.25, 0.3) is 5.56 Å². The fourth-order valence-electron chi connectivity index (χ4n) is 2.49. The number of pyridine rings is 2. The summed E-state index contributed by atoms with van der Waals surface area (Å²) in [6.07, 6.45) is 3.18. The Bertz CT molecular complexity index is 1100. The maximum Gasteiger partial charge on any atom is 0.281 e. The first-order chi connectivity index (χ1) is 13.0. The molecular formula is C19H14ClN5O2. The van der Waals surface area contributed by atoms with Crippen LogP contribution in [-0.4, -0.2) is 14.7 Å². The molecule has 0 saturated carbocycles. The summed E-state index contributed by atoms with van der Waals surface area (Å²) in [5.41, 5.74) is 0.879. The molecule has 0 radical (unpaired) electrons. The first-order valence-corrected chi connectivity index (χ1v) is 8.31. The van der Waals surface area contributed by atoms with E-state index in [0.717, 1.165) is 4.57 Å². The molecule has 0 saturated heterocycles. The van der Waals surface area contributed by atoms with Crippen LogP contribution < -0.4 is 5.56 Å². The van der Waals surface area contributed by atoms with Crippen molar-refractivity contribution in [1.82, 2.24) is 9.55 Å². The summed E-state index contributed by atoms with van der Waals surface area (Å²) in [6.45, 7) is 1.60. The minimum atomic E-state index is -0.550. The third-order valence-electron chi connectivity index (χ3n) is 3.92. The van der Waals surface area contributed by atoms with Gasteiger partial charge < -0.3 is 5.11 Å². The molecule has 0 aliphatic rings. The number of nitrogens with zero attached hydrogens (tertiary/aromatic N) is 5. The van der Waals surface area contributed by atoms with Gasteiger partial charge in [0.1, 0.15) is 11.6 Å². The van der Waals surface area contributed by atoms with Crippen molar-refractivity contribution in [3.05, 3.63) is 80.9 Å². The van der Waals surface area contributed by atoms with E-state index in [0.29, 0.717) is 16.3 Å². The highest BCUT2D eigenvalue weighted by Crippen LogP contribution is 2.27. The summed E-state index contributed by atoms with van der Waals surface area (Å²) in [4.78, 5) is 16.8. The number of nitriles is 1. The maximum absolute atomic E-state index is 12.9. The zero-order valence-electron chi connectivity index (χ0n) is 14.3. The lowest BCUT2D eigenvalue weighted by molar-refractivity contribution is 0.412. The van der Waals surface area contributed by atoms with Crippen molar-refractivity contribution in [2.75, 3.05) is 0 Å². The van der Waals surface area contributed by atoms with E-state index in [1.165, 1.54) is 0 Å². The van der Waals surface area contributed by atoms with Gasteiger partial charge in [0, 0.05) is 23.0 Å². The highest BCUT2D eigenvalue weighted by molar-refractivity contribution is 6.30. The molecule has 0 amide bonds. The summed E-state index contributed by atoms with van der Waals surface area (Å²) in [5.74, 6) is -0.408. The van der Waals surface area contributed by atoms with Crippen LogP contribution in [0.5, 0.6) is 5.88 Å². The lowest BCUT2D eigenvalue weighted by Crippen LogP contribution is -2.22. The van der Waals surface area contributed by atoms with Crippen LogP contribution in [-0.2, 0) is 6.54 Å². The zero-order valence-corrected chi connectivity index (χ0v) is 15.1. The van der Waals surface area contributed by atoms with Gasteiger partial charge in [-0.2, -0.15) is 10.4 Å². The lowest BCUT2D eigenvalue weighted by Gasteiger charge is -2.12. The molecule has 0 unspecified atom stereocenters. The average Bonchev–Trinajstić information content (AvgIpc) is 2.68. The van der Waals surface area contributed by atoms with Gasteiger partial charge in [-0.05, 0) is 42.8 Å². The van der Waals surface area contributed by atoms with Crippen molar-refractivity contribution >= 4 is 23.0 Å². The highest BCUT2D eigenvalue weighted by Gasteiger charge is 2.19. The molecule has 2 heterocycles. The van der Waals surface area contributed by atoms with Crippen LogP contribution >= 0.6 is 11.6 Å². The number of halogens is 1. The van der Waals surface area contributed by atoms with E-state index in [1.54, 1.807) is 55.7 Å². The second-order valence-electron chi connectivity index (χ2n) is 5.71. The van der Waals surface area contributed by atoms with Crippen molar-refractivity contribution in [3.63, 3.8) is 0 Å². The summed E-state index contributed by atoms with van der Waals surface area (Å²) < 4.78 is 1.08. The third-order valence-corrected chi connectivity index (χ3v) is 4.18. The number of aromatic nitrogens is 2.